The zero-order valence-electron chi connectivity index (χ0n) is 14.1. The molecule has 0 aliphatic heterocycles. The fourth-order valence-corrected chi connectivity index (χ4v) is 6.30. The Labute approximate surface area is 136 Å². The minimum absolute atomic E-state index is 0.962. The van der Waals surface area contributed by atoms with Crippen molar-refractivity contribution in [3.8, 4) is 0 Å². The van der Waals surface area contributed by atoms with E-state index in [0.29, 0.717) is 0 Å². The smallest absolute Gasteiger partial charge is 0.0194 e. The Balaban J connectivity index is 0.000000389. The summed E-state index contributed by atoms with van der Waals surface area (Å²) in [7, 11) is 0. The summed E-state index contributed by atoms with van der Waals surface area (Å²) in [6.07, 6.45) is 12.3. The van der Waals surface area contributed by atoms with Gasteiger partial charge in [-0.3, -0.25) is 0 Å². The molecule has 118 valence electrons. The van der Waals surface area contributed by atoms with Gasteiger partial charge in [-0.05, 0) is 72.7 Å². The number of hydrogen-bond donors (Lipinski definition) is 0. The molecular formula is C22H30. The first-order valence-corrected chi connectivity index (χ1v) is 9.54. The van der Waals surface area contributed by atoms with Crippen LogP contribution in [0.5, 0.6) is 0 Å². The molecule has 22 heavy (non-hydrogen) atoms. The second-order valence-corrected chi connectivity index (χ2v) is 8.16. The number of allylic oxidation sites excluding steroid dienone is 2. The Bertz CT molecular complexity index is 528. The van der Waals surface area contributed by atoms with Gasteiger partial charge >= 0.3 is 0 Å². The fraction of sp³-hybridized carbons (Fsp3) is 0.636. The van der Waals surface area contributed by atoms with Crippen LogP contribution in [0, 0.1) is 41.4 Å². The second-order valence-electron chi connectivity index (χ2n) is 8.16. The van der Waals surface area contributed by atoms with Gasteiger partial charge in [0.25, 0.3) is 0 Å². The van der Waals surface area contributed by atoms with Crippen LogP contribution in [0.25, 0.3) is 0 Å². The van der Waals surface area contributed by atoms with Crippen LogP contribution in [0.2, 0.25) is 0 Å². The number of fused-ring (bicyclic) bond motifs is 9. The molecule has 7 unspecified atom stereocenters. The number of benzene rings is 1. The maximum Gasteiger partial charge on any atom is -0.0194 e. The van der Waals surface area contributed by atoms with Gasteiger partial charge in [0.2, 0.25) is 0 Å². The van der Waals surface area contributed by atoms with Crippen molar-refractivity contribution < 1.29 is 0 Å². The molecule has 3 saturated carbocycles. The summed E-state index contributed by atoms with van der Waals surface area (Å²) in [5.41, 5.74) is 1.57. The fourth-order valence-electron chi connectivity index (χ4n) is 6.30. The lowest BCUT2D eigenvalue weighted by Gasteiger charge is -2.36. The van der Waals surface area contributed by atoms with Gasteiger partial charge < -0.3 is 0 Å². The van der Waals surface area contributed by atoms with Crippen LogP contribution in [-0.2, 0) is 6.42 Å². The van der Waals surface area contributed by atoms with Crippen molar-refractivity contribution in [2.75, 3.05) is 0 Å². The molecule has 4 aliphatic carbocycles. The standard InChI is InChI=1S/C19H22.C3H8/c1-2-4-12(5-3-1)8-15-10-16-11-17(15)19-14-7-6-13(9-14)18(16)19;1-3-2/h1-7,13-19H,8-11H2;3H2,1-2H3. The van der Waals surface area contributed by atoms with Gasteiger partial charge in [-0.1, -0.05) is 62.8 Å². The van der Waals surface area contributed by atoms with Crippen LogP contribution in [-0.4, -0.2) is 0 Å². The van der Waals surface area contributed by atoms with Crippen molar-refractivity contribution in [2.24, 2.45) is 41.4 Å². The highest BCUT2D eigenvalue weighted by Gasteiger charge is 2.60. The van der Waals surface area contributed by atoms with Crippen LogP contribution in [0.3, 0.4) is 0 Å². The van der Waals surface area contributed by atoms with E-state index < -0.39 is 0 Å². The maximum atomic E-state index is 2.56. The van der Waals surface area contributed by atoms with E-state index in [1.165, 1.54) is 25.7 Å². The predicted octanol–water partition coefficient (Wildman–Crippen LogP) is 5.74. The highest BCUT2D eigenvalue weighted by Crippen LogP contribution is 2.67. The molecule has 0 spiro atoms. The molecule has 0 saturated heterocycles. The Kier molecular flexibility index (Phi) is 3.88. The lowest BCUT2D eigenvalue weighted by Crippen LogP contribution is -2.31. The summed E-state index contributed by atoms with van der Waals surface area (Å²) in [4.78, 5) is 0. The van der Waals surface area contributed by atoms with Crippen molar-refractivity contribution in [3.63, 3.8) is 0 Å². The summed E-state index contributed by atoms with van der Waals surface area (Å²) in [5, 5.41) is 0. The Hall–Kier alpha value is -1.04. The van der Waals surface area contributed by atoms with Gasteiger partial charge in [0.1, 0.15) is 0 Å². The molecule has 0 heterocycles. The summed E-state index contributed by atoms with van der Waals surface area (Å²) >= 11 is 0. The molecule has 7 atom stereocenters. The maximum absolute atomic E-state index is 2.56. The predicted molar refractivity (Wildman–Crippen MR) is 93.5 cm³/mol. The quantitative estimate of drug-likeness (QED) is 0.482. The van der Waals surface area contributed by atoms with Gasteiger partial charge in [-0.25, -0.2) is 0 Å². The molecule has 5 rings (SSSR count). The van der Waals surface area contributed by atoms with E-state index in [2.05, 4.69) is 56.3 Å². The van der Waals surface area contributed by atoms with Crippen LogP contribution in [0.1, 0.15) is 45.1 Å². The first-order valence-electron chi connectivity index (χ1n) is 9.54. The first-order chi connectivity index (χ1) is 10.8. The van der Waals surface area contributed by atoms with Crippen molar-refractivity contribution in [1.29, 1.82) is 0 Å². The molecule has 1 aromatic carbocycles. The first kappa shape index (κ1) is 14.5. The summed E-state index contributed by atoms with van der Waals surface area (Å²) in [5.74, 6) is 7.21. The van der Waals surface area contributed by atoms with Gasteiger partial charge in [-0.2, -0.15) is 0 Å². The van der Waals surface area contributed by atoms with Gasteiger partial charge in [0, 0.05) is 0 Å². The summed E-state index contributed by atoms with van der Waals surface area (Å²) in [6.45, 7) is 4.25. The van der Waals surface area contributed by atoms with E-state index in [4.69, 9.17) is 0 Å². The molecule has 0 heteroatoms. The molecule has 4 bridgehead atoms. The van der Waals surface area contributed by atoms with Crippen LogP contribution < -0.4 is 0 Å². The molecule has 1 aromatic rings. The van der Waals surface area contributed by atoms with E-state index in [-0.39, 0.29) is 0 Å². The minimum Gasteiger partial charge on any atom is -0.0848 e. The van der Waals surface area contributed by atoms with E-state index in [9.17, 15) is 0 Å². The number of hydrogen-bond acceptors (Lipinski definition) is 0. The zero-order chi connectivity index (χ0) is 15.1. The third-order valence-electron chi connectivity index (χ3n) is 6.75. The highest BCUT2D eigenvalue weighted by atomic mass is 14.6. The average molecular weight is 294 g/mol. The van der Waals surface area contributed by atoms with Crippen molar-refractivity contribution in [3.05, 3.63) is 48.0 Å². The van der Waals surface area contributed by atoms with Crippen molar-refractivity contribution in [2.45, 2.75) is 46.0 Å². The molecule has 0 N–H and O–H groups in total. The number of rotatable bonds is 2. The summed E-state index contributed by atoms with van der Waals surface area (Å²) in [6, 6.07) is 11.2. The van der Waals surface area contributed by atoms with Gasteiger partial charge in [-0.15, -0.1) is 0 Å². The molecule has 0 amide bonds. The Morgan fingerprint density at radius 3 is 2.27 bits per heavy atom. The second kappa shape index (κ2) is 5.87. The molecule has 4 aliphatic rings. The molecule has 3 fully saturated rings. The topological polar surface area (TPSA) is 0 Å². The molecule has 0 nitrogen and oxygen atoms in total. The lowest BCUT2D eigenvalue weighted by atomic mass is 9.68. The zero-order valence-corrected chi connectivity index (χ0v) is 14.1. The lowest BCUT2D eigenvalue weighted by molar-refractivity contribution is 0.150. The third-order valence-corrected chi connectivity index (χ3v) is 6.75. The van der Waals surface area contributed by atoms with Crippen molar-refractivity contribution in [1.82, 2.24) is 0 Å². The average Bonchev–Trinajstić information content (AvgIpc) is 3.28. The van der Waals surface area contributed by atoms with Crippen LogP contribution >= 0.6 is 0 Å². The normalized spacial score (nSPS) is 43.1. The molecule has 0 aromatic heterocycles. The van der Waals surface area contributed by atoms with E-state index in [0.717, 1.165) is 41.4 Å². The summed E-state index contributed by atoms with van der Waals surface area (Å²) < 4.78 is 0. The van der Waals surface area contributed by atoms with Gasteiger partial charge in [0.05, 0.1) is 0 Å². The monoisotopic (exact) mass is 294 g/mol. The van der Waals surface area contributed by atoms with E-state index >= 15 is 0 Å². The Morgan fingerprint density at radius 2 is 1.55 bits per heavy atom. The van der Waals surface area contributed by atoms with E-state index in [1.54, 1.807) is 12.0 Å². The SMILES string of the molecule is C1=CC2CC1C1C3CC(Cc4ccccc4)C(C3)C21.CCC. The third kappa shape index (κ3) is 2.27. The van der Waals surface area contributed by atoms with E-state index in [1.807, 2.05) is 0 Å². The minimum atomic E-state index is 0.962. The van der Waals surface area contributed by atoms with Crippen LogP contribution in [0.4, 0.5) is 0 Å². The van der Waals surface area contributed by atoms with Crippen molar-refractivity contribution >= 4 is 0 Å². The molecule has 0 radical (unpaired) electrons. The largest absolute Gasteiger partial charge is 0.0848 e. The highest BCUT2D eigenvalue weighted by molar-refractivity contribution is 5.22. The van der Waals surface area contributed by atoms with Gasteiger partial charge in [0.15, 0.2) is 0 Å². The molecular weight excluding hydrogens is 264 g/mol. The van der Waals surface area contributed by atoms with Crippen LogP contribution in [0.15, 0.2) is 42.5 Å². The Morgan fingerprint density at radius 1 is 0.864 bits per heavy atom.